The SMILES string of the molecule is C[C@H](CC(=O)O[C@H](C)C(=O)Nc1ccccc1[N+](=O)[O-])c1ccccc1. The molecule has 0 unspecified atom stereocenters. The fourth-order valence-corrected chi connectivity index (χ4v) is 2.42. The van der Waals surface area contributed by atoms with Crippen LogP contribution in [0, 0.1) is 10.1 Å². The summed E-state index contributed by atoms with van der Waals surface area (Å²) in [7, 11) is 0. The van der Waals surface area contributed by atoms with Crippen molar-refractivity contribution >= 4 is 23.3 Å². The second-order valence-electron chi connectivity index (χ2n) is 5.91. The maximum atomic E-state index is 12.2. The van der Waals surface area contributed by atoms with Gasteiger partial charge in [-0.1, -0.05) is 49.4 Å². The van der Waals surface area contributed by atoms with Crippen LogP contribution in [-0.2, 0) is 14.3 Å². The Morgan fingerprint density at radius 3 is 2.35 bits per heavy atom. The fraction of sp³-hybridized carbons (Fsp3) is 0.263. The molecule has 7 nitrogen and oxygen atoms in total. The molecule has 7 heteroatoms. The number of nitrogens with one attached hydrogen (secondary N) is 1. The topological polar surface area (TPSA) is 98.5 Å². The Bertz CT molecular complexity index is 792. The number of ether oxygens (including phenoxy) is 1. The molecule has 2 rings (SSSR count). The number of anilines is 1. The van der Waals surface area contributed by atoms with Crippen LogP contribution in [0.4, 0.5) is 11.4 Å². The Labute approximate surface area is 151 Å². The highest BCUT2D eigenvalue weighted by molar-refractivity contribution is 5.96. The van der Waals surface area contributed by atoms with Gasteiger partial charge in [0.1, 0.15) is 5.69 Å². The zero-order chi connectivity index (χ0) is 19.1. The molecule has 0 aromatic heterocycles. The predicted molar refractivity (Wildman–Crippen MR) is 96.8 cm³/mol. The number of benzene rings is 2. The van der Waals surface area contributed by atoms with Crippen LogP contribution in [0.3, 0.4) is 0 Å². The fourth-order valence-electron chi connectivity index (χ4n) is 2.42. The Morgan fingerprint density at radius 1 is 1.08 bits per heavy atom. The molecule has 1 N–H and O–H groups in total. The minimum absolute atomic E-state index is 0.0471. The first kappa shape index (κ1) is 19.1. The molecule has 0 saturated heterocycles. The van der Waals surface area contributed by atoms with Crippen LogP contribution < -0.4 is 5.32 Å². The molecule has 0 radical (unpaired) electrons. The lowest BCUT2D eigenvalue weighted by Gasteiger charge is -2.16. The lowest BCUT2D eigenvalue weighted by molar-refractivity contribution is -0.383. The monoisotopic (exact) mass is 356 g/mol. The van der Waals surface area contributed by atoms with Gasteiger partial charge in [-0.05, 0) is 24.5 Å². The molecule has 0 bridgehead atoms. The molecule has 0 saturated carbocycles. The lowest BCUT2D eigenvalue weighted by Crippen LogP contribution is -2.30. The van der Waals surface area contributed by atoms with Crippen LogP contribution >= 0.6 is 0 Å². The number of carbonyl (C=O) groups is 2. The van der Waals surface area contributed by atoms with E-state index in [1.165, 1.54) is 25.1 Å². The third-order valence-electron chi connectivity index (χ3n) is 3.88. The Kier molecular flexibility index (Phi) is 6.43. The number of rotatable bonds is 7. The zero-order valence-electron chi connectivity index (χ0n) is 14.5. The van der Waals surface area contributed by atoms with Crippen LogP contribution in [0.15, 0.2) is 54.6 Å². The Morgan fingerprint density at radius 2 is 1.69 bits per heavy atom. The van der Waals surface area contributed by atoms with Crippen LogP contribution in [0.25, 0.3) is 0 Å². The summed E-state index contributed by atoms with van der Waals surface area (Å²) in [5.41, 5.74) is 0.835. The average Bonchev–Trinajstić information content (AvgIpc) is 2.62. The number of amides is 1. The molecular formula is C19H20N2O5. The molecule has 2 atom stereocenters. The molecule has 2 aromatic carbocycles. The minimum Gasteiger partial charge on any atom is -0.453 e. The molecule has 0 aliphatic carbocycles. The standard InChI is InChI=1S/C19H20N2O5/c1-13(15-8-4-3-5-9-15)12-18(22)26-14(2)19(23)20-16-10-6-7-11-17(16)21(24)25/h3-11,13-14H,12H2,1-2H3,(H,20,23)/t13-,14-/m1/s1. The van der Waals surface area contributed by atoms with E-state index in [2.05, 4.69) is 5.32 Å². The summed E-state index contributed by atoms with van der Waals surface area (Å²) in [5.74, 6) is -1.18. The van der Waals surface area contributed by atoms with E-state index in [0.717, 1.165) is 5.56 Å². The molecule has 0 heterocycles. The first-order chi connectivity index (χ1) is 12.4. The normalized spacial score (nSPS) is 12.7. The summed E-state index contributed by atoms with van der Waals surface area (Å²) < 4.78 is 5.16. The van der Waals surface area contributed by atoms with Crippen molar-refractivity contribution in [2.45, 2.75) is 32.3 Å². The first-order valence-corrected chi connectivity index (χ1v) is 8.17. The maximum absolute atomic E-state index is 12.2. The van der Waals surface area contributed by atoms with Gasteiger partial charge in [0.2, 0.25) is 0 Å². The third-order valence-corrected chi connectivity index (χ3v) is 3.88. The third kappa shape index (κ3) is 5.14. The van der Waals surface area contributed by atoms with Gasteiger partial charge in [0.15, 0.2) is 6.10 Å². The number of esters is 1. The largest absolute Gasteiger partial charge is 0.453 e. The minimum atomic E-state index is -1.06. The summed E-state index contributed by atoms with van der Waals surface area (Å²) >= 11 is 0. The predicted octanol–water partition coefficient (Wildman–Crippen LogP) is 3.66. The van der Waals surface area contributed by atoms with Gasteiger partial charge in [-0.25, -0.2) is 0 Å². The van der Waals surface area contributed by atoms with Crippen molar-refractivity contribution in [1.82, 2.24) is 0 Å². The van der Waals surface area contributed by atoms with Gasteiger partial charge in [-0.2, -0.15) is 0 Å². The molecule has 0 aliphatic heterocycles. The number of carbonyl (C=O) groups excluding carboxylic acids is 2. The van der Waals surface area contributed by atoms with E-state index in [0.29, 0.717) is 0 Å². The van der Waals surface area contributed by atoms with E-state index < -0.39 is 22.9 Å². The van der Waals surface area contributed by atoms with Crippen molar-refractivity contribution in [3.8, 4) is 0 Å². The van der Waals surface area contributed by atoms with Crippen molar-refractivity contribution in [2.75, 3.05) is 5.32 Å². The summed E-state index contributed by atoms with van der Waals surface area (Å²) in [4.78, 5) is 34.6. The van der Waals surface area contributed by atoms with E-state index >= 15 is 0 Å². The van der Waals surface area contributed by atoms with E-state index in [9.17, 15) is 19.7 Å². The average molecular weight is 356 g/mol. The van der Waals surface area contributed by atoms with Crippen molar-refractivity contribution in [2.24, 2.45) is 0 Å². The number of nitro groups is 1. The molecule has 26 heavy (non-hydrogen) atoms. The highest BCUT2D eigenvalue weighted by atomic mass is 16.6. The van der Waals surface area contributed by atoms with Crippen LogP contribution in [0.1, 0.15) is 31.7 Å². The van der Waals surface area contributed by atoms with E-state index in [1.54, 1.807) is 6.07 Å². The smallest absolute Gasteiger partial charge is 0.307 e. The molecule has 0 aliphatic rings. The summed E-state index contributed by atoms with van der Waals surface area (Å²) in [6.07, 6.45) is -0.932. The van der Waals surface area contributed by atoms with Gasteiger partial charge in [-0.15, -0.1) is 0 Å². The van der Waals surface area contributed by atoms with Crippen molar-refractivity contribution < 1.29 is 19.2 Å². The summed E-state index contributed by atoms with van der Waals surface area (Å²) in [6.45, 7) is 3.32. The van der Waals surface area contributed by atoms with E-state index in [-0.39, 0.29) is 23.7 Å². The molecule has 0 fully saturated rings. The highest BCUT2D eigenvalue weighted by Crippen LogP contribution is 2.24. The molecule has 0 spiro atoms. The lowest BCUT2D eigenvalue weighted by atomic mass is 9.98. The summed E-state index contributed by atoms with van der Waals surface area (Å²) in [6, 6.07) is 15.3. The first-order valence-electron chi connectivity index (χ1n) is 8.17. The van der Waals surface area contributed by atoms with E-state index in [1.807, 2.05) is 37.3 Å². The van der Waals surface area contributed by atoms with Gasteiger partial charge < -0.3 is 10.1 Å². The molecule has 136 valence electrons. The Hall–Kier alpha value is -3.22. The molecule has 2 aromatic rings. The summed E-state index contributed by atoms with van der Waals surface area (Å²) in [5, 5.41) is 13.4. The number of nitrogens with zero attached hydrogens (tertiary/aromatic N) is 1. The number of hydrogen-bond acceptors (Lipinski definition) is 5. The zero-order valence-corrected chi connectivity index (χ0v) is 14.5. The number of hydrogen-bond donors (Lipinski definition) is 1. The van der Waals surface area contributed by atoms with Gasteiger partial charge in [0.05, 0.1) is 11.3 Å². The second-order valence-corrected chi connectivity index (χ2v) is 5.91. The van der Waals surface area contributed by atoms with Gasteiger partial charge >= 0.3 is 5.97 Å². The Balaban J connectivity index is 1.92. The maximum Gasteiger partial charge on any atom is 0.307 e. The highest BCUT2D eigenvalue weighted by Gasteiger charge is 2.22. The van der Waals surface area contributed by atoms with E-state index in [4.69, 9.17) is 4.74 Å². The number of para-hydroxylation sites is 2. The van der Waals surface area contributed by atoms with Gasteiger partial charge in [0, 0.05) is 6.07 Å². The molecular weight excluding hydrogens is 336 g/mol. The van der Waals surface area contributed by atoms with Crippen molar-refractivity contribution in [1.29, 1.82) is 0 Å². The second kappa shape index (κ2) is 8.75. The molecule has 1 amide bonds. The van der Waals surface area contributed by atoms with Crippen molar-refractivity contribution in [3.05, 3.63) is 70.3 Å². The van der Waals surface area contributed by atoms with Crippen LogP contribution in [0.5, 0.6) is 0 Å². The van der Waals surface area contributed by atoms with Crippen LogP contribution in [-0.4, -0.2) is 22.9 Å². The van der Waals surface area contributed by atoms with Crippen molar-refractivity contribution in [3.63, 3.8) is 0 Å². The number of nitro benzene ring substituents is 1. The van der Waals surface area contributed by atoms with Gasteiger partial charge in [0.25, 0.3) is 11.6 Å². The van der Waals surface area contributed by atoms with Gasteiger partial charge in [-0.3, -0.25) is 19.7 Å². The van der Waals surface area contributed by atoms with Crippen LogP contribution in [0.2, 0.25) is 0 Å². The quantitative estimate of drug-likeness (QED) is 0.464.